The molecule has 19 aromatic rings. The fourth-order valence-electron chi connectivity index (χ4n) is 17.0. The Bertz CT molecular complexity index is 7300. The second-order valence-corrected chi connectivity index (χ2v) is 36.5. The summed E-state index contributed by atoms with van der Waals surface area (Å²) in [4.78, 5) is 4.26. The van der Waals surface area contributed by atoms with Gasteiger partial charge in [0.2, 0.25) is 0 Å². The molecular formula is C102H79BN4Se2. The molecule has 0 radical (unpaired) electrons. The average Bonchev–Trinajstić information content (AvgIpc) is 1.53. The predicted molar refractivity (Wildman–Crippen MR) is 471 cm³/mol. The van der Waals surface area contributed by atoms with Crippen LogP contribution in [0.3, 0.4) is 0 Å². The van der Waals surface area contributed by atoms with Gasteiger partial charge in [0, 0.05) is 0 Å². The van der Waals surface area contributed by atoms with Crippen molar-refractivity contribution >= 4 is 168 Å². The Hall–Kier alpha value is -11.4. The summed E-state index contributed by atoms with van der Waals surface area (Å²) in [5.74, 6) is 0. The zero-order valence-electron chi connectivity index (χ0n) is 75.6. The van der Waals surface area contributed by atoms with Crippen molar-refractivity contribution < 1.29 is 19.2 Å². The Morgan fingerprint density at radius 3 is 1.01 bits per heavy atom. The summed E-state index contributed by atoms with van der Waals surface area (Å²) in [7, 11) is 0. The van der Waals surface area contributed by atoms with E-state index in [0.717, 1.165) is 99.8 Å². The molecule has 7 heteroatoms. The molecule has 0 unspecified atom stereocenters. The van der Waals surface area contributed by atoms with Crippen molar-refractivity contribution in [3.63, 3.8) is 0 Å². The van der Waals surface area contributed by atoms with Gasteiger partial charge in [-0.2, -0.15) is 0 Å². The van der Waals surface area contributed by atoms with Gasteiger partial charge in [0.05, 0.1) is 0 Å². The SMILES string of the molecule is [2H]c1c([2H])c(-n2c3c([2H])c([2H])c([2H])c([2H])c3c3ccc4c5ccccc5[se]c4c32)c([2H])c2c1B1c3c(cc(C(C)(C)C)cc3N(c3c(-c4ccccc4)cc(C(C)(C)C)cc3-c3ccccc3)c3c([2H])c(-n4c5c([2H])c([2H])c([2H])c([2H])c5c5ccc6c7ccccc7[se]c6c54)c([2H])c([2H])c31)N2c1c(-c2ccccc2)cc(C(C)(C)C)cc1-c1ccccc1. The predicted octanol–water partition coefficient (Wildman–Crippen LogP) is 25.3. The van der Waals surface area contributed by atoms with E-state index in [0.29, 0.717) is 50.0 Å². The number of hydrogen-bond acceptors (Lipinski definition) is 2. The van der Waals surface area contributed by atoms with Crippen LogP contribution in [0.25, 0.3) is 138 Å². The molecule has 0 saturated carbocycles. The molecule has 0 saturated heterocycles. The number of rotatable bonds is 8. The molecule has 522 valence electrons. The normalized spacial score (nSPS) is 14.9. The Morgan fingerprint density at radius 1 is 0.312 bits per heavy atom. The first kappa shape index (κ1) is 52.6. The minimum absolute atomic E-state index is 0.0333. The molecule has 0 spiro atoms. The topological polar surface area (TPSA) is 16.3 Å². The molecule has 6 heterocycles. The zero-order valence-corrected chi connectivity index (χ0v) is 65.0. The summed E-state index contributed by atoms with van der Waals surface area (Å²) in [5, 5.41) is 5.11. The number of anilines is 6. The molecule has 15 aromatic carbocycles. The Balaban J connectivity index is 1.02. The Kier molecular flexibility index (Phi) is 11.9. The van der Waals surface area contributed by atoms with Gasteiger partial charge in [-0.1, -0.05) is 65.8 Å². The van der Waals surface area contributed by atoms with Gasteiger partial charge in [-0.25, -0.2) is 0 Å². The molecule has 4 aromatic heterocycles. The molecule has 21 rings (SSSR count). The first-order valence-corrected chi connectivity index (χ1v) is 40.6. The summed E-state index contributed by atoms with van der Waals surface area (Å²) in [6, 6.07) is 72.5. The van der Waals surface area contributed by atoms with Crippen LogP contribution in [0.15, 0.2) is 315 Å². The summed E-state index contributed by atoms with van der Waals surface area (Å²) in [6.07, 6.45) is 0. The van der Waals surface area contributed by atoms with Crippen molar-refractivity contribution in [2.45, 2.75) is 78.6 Å². The van der Waals surface area contributed by atoms with Crippen molar-refractivity contribution in [2.75, 3.05) is 9.80 Å². The number of benzene rings is 15. The summed E-state index contributed by atoms with van der Waals surface area (Å²) >= 11 is -0.900. The fourth-order valence-corrected chi connectivity index (χ4v) is 22.2. The van der Waals surface area contributed by atoms with E-state index in [9.17, 15) is 19.2 Å². The minimum atomic E-state index is -1.40. The van der Waals surface area contributed by atoms with Crippen LogP contribution in [0.1, 0.15) is 98.2 Å². The maximum absolute atomic E-state index is 12.1. The van der Waals surface area contributed by atoms with Gasteiger partial charge in [-0.05, 0) is 0 Å². The van der Waals surface area contributed by atoms with E-state index in [2.05, 4.69) is 181 Å². The molecule has 2 aliphatic heterocycles. The molecule has 0 aliphatic carbocycles. The van der Waals surface area contributed by atoms with Crippen LogP contribution in [0.4, 0.5) is 34.1 Å². The molecule has 0 atom stereocenters. The third-order valence-electron chi connectivity index (χ3n) is 22.4. The van der Waals surface area contributed by atoms with Crippen molar-refractivity contribution in [2.24, 2.45) is 0 Å². The van der Waals surface area contributed by atoms with Crippen LogP contribution in [-0.4, -0.2) is 44.9 Å². The molecule has 4 nitrogen and oxygen atoms in total. The van der Waals surface area contributed by atoms with E-state index in [1.54, 1.807) is 9.13 Å². The van der Waals surface area contributed by atoms with Crippen molar-refractivity contribution in [3.8, 4) is 55.9 Å². The monoisotopic (exact) mass is 1540 g/mol. The molecule has 0 N–H and O–H groups in total. The molecule has 0 bridgehead atoms. The number of para-hydroxylation sites is 2. The second kappa shape index (κ2) is 24.6. The number of nitrogens with zero attached hydrogens (tertiary/aromatic N) is 4. The maximum atomic E-state index is 12.1. The number of fused-ring (bicyclic) bond motifs is 18. The standard InChI is InChI=1S/C102H79BN4Se2/c1-100(2,3)66-54-79(62-30-14-10-15-31-62)94(80(55-66)63-32-16-11-17-33-63)106-87-60-69(104-85-42-26-22-38-71(85)75-48-50-77-73-40-24-28-44-91(73)108-98(77)96(75)104)46-52-83(87)103-84-53-47-70(105-86-43-27-23-39-72(86)76-49-51-78-74-41-25-29-45-92(74)109-99(78)97(76)105)61-88(84)107(90-59-68(102(7,8)9)58-89(106)93(90)103)95-81(64-34-18-12-19-35-64)56-67(101(4,5)6)57-82(95)65-36-20-13-21-37-65/h10-61H,1-9H3/i22D,23D,26D,27D,38D,39D,42D,43D,46D,47D,52D,53D,60D,61D. The van der Waals surface area contributed by atoms with E-state index in [1.807, 2.05) is 121 Å². The van der Waals surface area contributed by atoms with Crippen molar-refractivity contribution in [1.82, 2.24) is 9.13 Å². The van der Waals surface area contributed by atoms with Crippen LogP contribution in [0.2, 0.25) is 0 Å². The van der Waals surface area contributed by atoms with Gasteiger partial charge in [0.15, 0.2) is 0 Å². The third kappa shape index (κ3) is 10.2. The number of hydrogen-bond donors (Lipinski definition) is 0. The van der Waals surface area contributed by atoms with Crippen LogP contribution >= 0.6 is 0 Å². The molecule has 2 aliphatic rings. The van der Waals surface area contributed by atoms with Gasteiger partial charge < -0.3 is 0 Å². The van der Waals surface area contributed by atoms with E-state index in [1.165, 1.54) is 0 Å². The molecule has 0 amide bonds. The first-order chi connectivity index (χ1) is 58.8. The van der Waals surface area contributed by atoms with E-state index in [4.69, 9.17) is 0 Å². The van der Waals surface area contributed by atoms with Gasteiger partial charge >= 0.3 is 607 Å². The zero-order chi connectivity index (χ0) is 85.7. The third-order valence-corrected chi connectivity index (χ3v) is 27.4. The number of aromatic nitrogens is 2. The van der Waals surface area contributed by atoms with Crippen LogP contribution in [-0.2, 0) is 16.2 Å². The average molecular weight is 1540 g/mol. The van der Waals surface area contributed by atoms with E-state index < -0.39 is 100 Å². The van der Waals surface area contributed by atoms with Gasteiger partial charge in [-0.3, -0.25) is 0 Å². The van der Waals surface area contributed by atoms with E-state index >= 15 is 0 Å². The van der Waals surface area contributed by atoms with Crippen molar-refractivity contribution in [3.05, 3.63) is 332 Å². The summed E-state index contributed by atoms with van der Waals surface area (Å²) < 4.78 is 156. The second-order valence-electron chi connectivity index (χ2n) is 32.0. The van der Waals surface area contributed by atoms with Gasteiger partial charge in [0.1, 0.15) is 0 Å². The summed E-state index contributed by atoms with van der Waals surface area (Å²) in [6.45, 7) is 18.2. The summed E-state index contributed by atoms with van der Waals surface area (Å²) in [5.41, 5.74) is 11.4. The quantitative estimate of drug-likeness (QED) is 0.141. The van der Waals surface area contributed by atoms with E-state index in [-0.39, 0.29) is 91.7 Å². The Morgan fingerprint density at radius 2 is 0.642 bits per heavy atom. The van der Waals surface area contributed by atoms with Crippen LogP contribution < -0.4 is 26.2 Å². The van der Waals surface area contributed by atoms with Crippen LogP contribution in [0, 0.1) is 0 Å². The molecule has 109 heavy (non-hydrogen) atoms. The molecule has 0 fully saturated rings. The van der Waals surface area contributed by atoms with Gasteiger partial charge in [-0.15, -0.1) is 0 Å². The van der Waals surface area contributed by atoms with Crippen LogP contribution in [0.5, 0.6) is 0 Å². The fraction of sp³-hybridized carbons (Fsp3) is 0.118. The Labute approximate surface area is 668 Å². The van der Waals surface area contributed by atoms with Crippen molar-refractivity contribution in [1.29, 1.82) is 0 Å². The molecular weight excluding hydrogens is 1450 g/mol. The first-order valence-electron chi connectivity index (χ1n) is 44.2. The van der Waals surface area contributed by atoms with Gasteiger partial charge in [0.25, 0.3) is 0 Å².